The molecule has 0 bridgehead atoms. The summed E-state index contributed by atoms with van der Waals surface area (Å²) >= 11 is 11.6. The number of nitrogens with two attached hydrogens (primary N) is 1. The largest absolute Gasteiger partial charge is 0.409 e. The van der Waals surface area contributed by atoms with Gasteiger partial charge in [-0.25, -0.2) is 0 Å². The number of nitrogens with zero attached hydrogens (tertiary/aromatic N) is 1. The molecule has 92 valence electrons. The van der Waals surface area contributed by atoms with Crippen molar-refractivity contribution in [3.63, 3.8) is 0 Å². The van der Waals surface area contributed by atoms with Crippen LogP contribution < -0.4 is 11.1 Å². The molecule has 0 heterocycles. The molecule has 0 saturated carbocycles. The van der Waals surface area contributed by atoms with Crippen molar-refractivity contribution in [2.75, 3.05) is 6.54 Å². The van der Waals surface area contributed by atoms with Crippen LogP contribution in [-0.4, -0.2) is 23.5 Å². The molecule has 1 aromatic carbocycles. The zero-order chi connectivity index (χ0) is 12.8. The van der Waals surface area contributed by atoms with Gasteiger partial charge in [0.15, 0.2) is 5.84 Å². The second kappa shape index (κ2) is 6.32. The zero-order valence-electron chi connectivity index (χ0n) is 8.78. The molecule has 1 rings (SSSR count). The van der Waals surface area contributed by atoms with Gasteiger partial charge in [0.2, 0.25) is 5.91 Å². The van der Waals surface area contributed by atoms with Crippen LogP contribution in [0.3, 0.4) is 0 Å². The van der Waals surface area contributed by atoms with Gasteiger partial charge < -0.3 is 16.3 Å². The Morgan fingerprint density at radius 3 is 2.71 bits per heavy atom. The van der Waals surface area contributed by atoms with Crippen molar-refractivity contribution in [3.05, 3.63) is 33.8 Å². The summed E-state index contributed by atoms with van der Waals surface area (Å²) in [6.07, 6.45) is 0.148. The fourth-order valence-electron chi connectivity index (χ4n) is 1.12. The zero-order valence-corrected chi connectivity index (χ0v) is 10.3. The van der Waals surface area contributed by atoms with Crippen LogP contribution in [0, 0.1) is 0 Å². The molecule has 0 atom stereocenters. The average Bonchev–Trinajstić information content (AvgIpc) is 2.31. The lowest BCUT2D eigenvalue weighted by atomic mass is 10.1. The van der Waals surface area contributed by atoms with Gasteiger partial charge in [-0.15, -0.1) is 0 Å². The first-order valence-corrected chi connectivity index (χ1v) is 5.45. The van der Waals surface area contributed by atoms with Crippen LogP contribution in [0.4, 0.5) is 0 Å². The Labute approximate surface area is 108 Å². The number of amidine groups is 1. The molecule has 0 aromatic heterocycles. The van der Waals surface area contributed by atoms with Gasteiger partial charge in [0, 0.05) is 0 Å². The van der Waals surface area contributed by atoms with Crippen molar-refractivity contribution < 1.29 is 10.0 Å². The normalized spacial score (nSPS) is 11.3. The topological polar surface area (TPSA) is 87.7 Å². The van der Waals surface area contributed by atoms with Crippen molar-refractivity contribution in [3.8, 4) is 0 Å². The van der Waals surface area contributed by atoms with Crippen molar-refractivity contribution in [2.45, 2.75) is 6.42 Å². The Morgan fingerprint density at radius 2 is 2.12 bits per heavy atom. The van der Waals surface area contributed by atoms with Gasteiger partial charge in [0.1, 0.15) is 0 Å². The first-order chi connectivity index (χ1) is 8.02. The SMILES string of the molecule is NC(CNC(=O)Cc1ccc(Cl)c(Cl)c1)=NO. The Morgan fingerprint density at radius 1 is 1.41 bits per heavy atom. The maximum atomic E-state index is 11.4. The standard InChI is InChI=1S/C10H11Cl2N3O2/c11-7-2-1-6(3-8(7)12)4-10(16)14-5-9(13)15-17/h1-3,17H,4-5H2,(H2,13,15)(H,14,16). The predicted molar refractivity (Wildman–Crippen MR) is 66.6 cm³/mol. The van der Waals surface area contributed by atoms with Gasteiger partial charge in [0.05, 0.1) is 23.0 Å². The second-order valence-corrected chi connectivity index (χ2v) is 4.11. The summed E-state index contributed by atoms with van der Waals surface area (Å²) < 4.78 is 0. The average molecular weight is 276 g/mol. The van der Waals surface area contributed by atoms with Crippen LogP contribution in [0.15, 0.2) is 23.4 Å². The van der Waals surface area contributed by atoms with E-state index in [0.29, 0.717) is 10.0 Å². The summed E-state index contributed by atoms with van der Waals surface area (Å²) in [7, 11) is 0. The molecule has 0 fully saturated rings. The number of halogens is 2. The van der Waals surface area contributed by atoms with E-state index < -0.39 is 0 Å². The lowest BCUT2D eigenvalue weighted by Gasteiger charge is -2.05. The van der Waals surface area contributed by atoms with E-state index in [9.17, 15) is 4.79 Å². The van der Waals surface area contributed by atoms with Gasteiger partial charge in [-0.2, -0.15) is 0 Å². The molecular weight excluding hydrogens is 265 g/mol. The Bertz CT molecular complexity index is 449. The number of carbonyl (C=O) groups is 1. The number of oxime groups is 1. The molecule has 0 unspecified atom stereocenters. The highest BCUT2D eigenvalue weighted by Crippen LogP contribution is 2.22. The van der Waals surface area contributed by atoms with Crippen molar-refractivity contribution in [2.24, 2.45) is 10.9 Å². The van der Waals surface area contributed by atoms with Crippen LogP contribution in [-0.2, 0) is 11.2 Å². The number of hydrogen-bond donors (Lipinski definition) is 3. The molecule has 0 aliphatic rings. The van der Waals surface area contributed by atoms with E-state index in [0.717, 1.165) is 5.56 Å². The molecule has 7 heteroatoms. The highest BCUT2D eigenvalue weighted by molar-refractivity contribution is 6.42. The van der Waals surface area contributed by atoms with E-state index in [-0.39, 0.29) is 24.7 Å². The molecule has 0 aliphatic carbocycles. The maximum absolute atomic E-state index is 11.4. The molecule has 17 heavy (non-hydrogen) atoms. The minimum absolute atomic E-state index is 0.00332. The van der Waals surface area contributed by atoms with Crippen LogP contribution in [0.25, 0.3) is 0 Å². The number of benzene rings is 1. The van der Waals surface area contributed by atoms with Gasteiger partial charge in [-0.3, -0.25) is 4.79 Å². The molecule has 0 saturated heterocycles. The highest BCUT2D eigenvalue weighted by atomic mass is 35.5. The summed E-state index contributed by atoms with van der Waals surface area (Å²) in [6.45, 7) is -0.00332. The number of nitrogens with one attached hydrogen (secondary N) is 1. The monoisotopic (exact) mass is 275 g/mol. The van der Waals surface area contributed by atoms with E-state index in [1.807, 2.05) is 0 Å². The third-order valence-electron chi connectivity index (χ3n) is 1.94. The first kappa shape index (κ1) is 13.6. The molecule has 0 radical (unpaired) electrons. The quantitative estimate of drug-likeness (QED) is 0.336. The van der Waals surface area contributed by atoms with Crippen LogP contribution in [0.1, 0.15) is 5.56 Å². The molecule has 0 aliphatic heterocycles. The Kier molecular flexibility index (Phi) is 5.06. The van der Waals surface area contributed by atoms with Gasteiger partial charge in [0.25, 0.3) is 0 Å². The number of hydrogen-bond acceptors (Lipinski definition) is 3. The minimum atomic E-state index is -0.255. The van der Waals surface area contributed by atoms with Crippen molar-refractivity contribution in [1.82, 2.24) is 5.32 Å². The minimum Gasteiger partial charge on any atom is -0.409 e. The van der Waals surface area contributed by atoms with E-state index in [1.54, 1.807) is 18.2 Å². The summed E-state index contributed by atoms with van der Waals surface area (Å²) in [5.41, 5.74) is 5.94. The lowest BCUT2D eigenvalue weighted by molar-refractivity contribution is -0.120. The number of rotatable bonds is 4. The van der Waals surface area contributed by atoms with E-state index in [2.05, 4.69) is 10.5 Å². The van der Waals surface area contributed by atoms with Crippen LogP contribution >= 0.6 is 23.2 Å². The predicted octanol–water partition coefficient (Wildman–Crippen LogP) is 1.40. The summed E-state index contributed by atoms with van der Waals surface area (Å²) in [5.74, 6) is -0.317. The molecule has 1 amide bonds. The first-order valence-electron chi connectivity index (χ1n) is 4.70. The summed E-state index contributed by atoms with van der Waals surface area (Å²) in [5, 5.41) is 14.3. The van der Waals surface area contributed by atoms with E-state index >= 15 is 0 Å². The Balaban J connectivity index is 2.53. The summed E-state index contributed by atoms with van der Waals surface area (Å²) in [6, 6.07) is 4.94. The lowest BCUT2D eigenvalue weighted by Crippen LogP contribution is -2.34. The second-order valence-electron chi connectivity index (χ2n) is 3.29. The molecule has 4 N–H and O–H groups in total. The van der Waals surface area contributed by atoms with Crippen LogP contribution in [0.5, 0.6) is 0 Å². The molecule has 0 spiro atoms. The third kappa shape index (κ3) is 4.50. The van der Waals surface area contributed by atoms with E-state index in [4.69, 9.17) is 34.1 Å². The smallest absolute Gasteiger partial charge is 0.224 e. The number of amides is 1. The molecule has 1 aromatic rings. The fourth-order valence-corrected chi connectivity index (χ4v) is 1.44. The van der Waals surface area contributed by atoms with Crippen molar-refractivity contribution >= 4 is 34.9 Å². The fraction of sp³-hybridized carbons (Fsp3) is 0.200. The third-order valence-corrected chi connectivity index (χ3v) is 2.68. The maximum Gasteiger partial charge on any atom is 0.224 e. The Hall–Kier alpha value is -1.46. The van der Waals surface area contributed by atoms with Crippen molar-refractivity contribution in [1.29, 1.82) is 0 Å². The molecular formula is C10H11Cl2N3O2. The van der Waals surface area contributed by atoms with Gasteiger partial charge in [-0.1, -0.05) is 34.4 Å². The highest BCUT2D eigenvalue weighted by Gasteiger charge is 2.06. The van der Waals surface area contributed by atoms with E-state index in [1.165, 1.54) is 0 Å². The molecule has 5 nitrogen and oxygen atoms in total. The van der Waals surface area contributed by atoms with Crippen LogP contribution in [0.2, 0.25) is 10.0 Å². The number of carbonyl (C=O) groups excluding carboxylic acids is 1. The van der Waals surface area contributed by atoms with Gasteiger partial charge >= 0.3 is 0 Å². The summed E-state index contributed by atoms with van der Waals surface area (Å²) in [4.78, 5) is 11.4. The van der Waals surface area contributed by atoms with Gasteiger partial charge in [-0.05, 0) is 17.7 Å².